The third-order valence-electron chi connectivity index (χ3n) is 2.64. The number of rotatable bonds is 3. The largest absolute Gasteiger partial charge is 0.711 e. The second-order valence-corrected chi connectivity index (χ2v) is 4.03. The van der Waals surface area contributed by atoms with Crippen molar-refractivity contribution >= 4 is 5.97 Å². The Labute approximate surface area is 88.5 Å². The number of carbonyl (C=O) groups excluding carboxylic acids is 1. The lowest BCUT2D eigenvalue weighted by Gasteiger charge is -2.19. The van der Waals surface area contributed by atoms with Crippen LogP contribution in [0, 0.1) is 25.0 Å². The highest BCUT2D eigenvalue weighted by molar-refractivity contribution is 5.70. The van der Waals surface area contributed by atoms with Crippen molar-refractivity contribution in [1.29, 1.82) is 0 Å². The molecule has 0 aliphatic heterocycles. The first-order valence-corrected chi connectivity index (χ1v) is 4.84. The second kappa shape index (κ2) is 3.92. The SMILES string of the molecule is Cc1c(C)[n+]([O-])cn1[C@H](C(=O)[O-])C(C)C. The number of carboxylic acids is 1. The number of carboxylic acid groups (broad SMARTS) is 1. The van der Waals surface area contributed by atoms with Gasteiger partial charge in [-0.3, -0.25) is 0 Å². The van der Waals surface area contributed by atoms with Gasteiger partial charge >= 0.3 is 0 Å². The number of nitrogens with zero attached hydrogens (tertiary/aromatic N) is 2. The zero-order chi connectivity index (χ0) is 11.7. The van der Waals surface area contributed by atoms with Gasteiger partial charge in [0.2, 0.25) is 6.33 Å². The van der Waals surface area contributed by atoms with Gasteiger partial charge in [0.05, 0.1) is 5.97 Å². The van der Waals surface area contributed by atoms with E-state index < -0.39 is 12.0 Å². The van der Waals surface area contributed by atoms with Crippen LogP contribution in [0.5, 0.6) is 0 Å². The molecule has 84 valence electrons. The molecule has 1 aromatic heterocycles. The molecule has 1 atom stereocenters. The van der Waals surface area contributed by atoms with Crippen LogP contribution in [0.1, 0.15) is 31.3 Å². The van der Waals surface area contributed by atoms with E-state index in [-0.39, 0.29) is 5.92 Å². The highest BCUT2D eigenvalue weighted by Crippen LogP contribution is 2.19. The number of aliphatic carboxylic acids is 1. The second-order valence-electron chi connectivity index (χ2n) is 4.03. The van der Waals surface area contributed by atoms with Gasteiger partial charge in [-0.2, -0.15) is 0 Å². The Morgan fingerprint density at radius 1 is 1.47 bits per heavy atom. The summed E-state index contributed by atoms with van der Waals surface area (Å²) in [6, 6.07) is -0.793. The monoisotopic (exact) mass is 211 g/mol. The Balaban J connectivity index is 3.23. The molecule has 0 N–H and O–H groups in total. The first-order valence-electron chi connectivity index (χ1n) is 4.84. The Bertz CT molecular complexity index is 382. The molecule has 0 saturated carbocycles. The number of hydrogen-bond donors (Lipinski definition) is 0. The van der Waals surface area contributed by atoms with Crippen LogP contribution >= 0.6 is 0 Å². The predicted octanol–water partition coefficient (Wildman–Crippen LogP) is -0.315. The maximum Gasteiger partial charge on any atom is 0.247 e. The molecule has 0 aromatic carbocycles. The molecule has 1 rings (SSSR count). The van der Waals surface area contributed by atoms with Crippen molar-refractivity contribution in [1.82, 2.24) is 4.57 Å². The smallest absolute Gasteiger partial charge is 0.247 e. The molecule has 0 aliphatic carbocycles. The molecular formula is C10H15N2O3-. The highest BCUT2D eigenvalue weighted by atomic mass is 16.5. The van der Waals surface area contributed by atoms with Crippen molar-refractivity contribution in [2.45, 2.75) is 33.7 Å². The van der Waals surface area contributed by atoms with Gasteiger partial charge < -0.3 is 15.1 Å². The Morgan fingerprint density at radius 2 is 2.00 bits per heavy atom. The topological polar surface area (TPSA) is 72.0 Å². The summed E-state index contributed by atoms with van der Waals surface area (Å²) in [6.45, 7) is 6.95. The van der Waals surface area contributed by atoms with Crippen LogP contribution in [0.2, 0.25) is 0 Å². The van der Waals surface area contributed by atoms with E-state index in [1.807, 2.05) is 0 Å². The quantitative estimate of drug-likeness (QED) is 0.508. The fourth-order valence-electron chi connectivity index (χ4n) is 1.62. The molecule has 0 spiro atoms. The molecule has 0 amide bonds. The first kappa shape index (κ1) is 11.6. The first-order chi connectivity index (χ1) is 6.86. The van der Waals surface area contributed by atoms with Gasteiger partial charge in [-0.15, -0.1) is 0 Å². The maximum atomic E-state index is 11.3. The summed E-state index contributed by atoms with van der Waals surface area (Å²) in [6.07, 6.45) is 1.26. The van der Waals surface area contributed by atoms with Crippen molar-refractivity contribution in [3.05, 3.63) is 22.9 Å². The van der Waals surface area contributed by atoms with Gasteiger partial charge in [-0.25, -0.2) is 9.30 Å². The standard InChI is InChI=1S/C10H16N2O3/c1-6(2)9(10(13)14)11-5-12(15)8(4)7(11)3/h5-6,9H,1-4H3,(H,13,14)/p-1/t9-/m0/s1. The molecule has 0 bridgehead atoms. The summed E-state index contributed by atoms with van der Waals surface area (Å²) in [5.41, 5.74) is 1.18. The van der Waals surface area contributed by atoms with Crippen molar-refractivity contribution in [2.24, 2.45) is 5.92 Å². The van der Waals surface area contributed by atoms with Gasteiger partial charge in [0.15, 0.2) is 0 Å². The number of hydrogen-bond acceptors (Lipinski definition) is 3. The summed E-state index contributed by atoms with van der Waals surface area (Å²) in [4.78, 5) is 11.0. The third kappa shape index (κ3) is 1.95. The van der Waals surface area contributed by atoms with E-state index in [4.69, 9.17) is 0 Å². The number of aromatic nitrogens is 2. The average Bonchev–Trinajstić information content (AvgIpc) is 2.33. The van der Waals surface area contributed by atoms with Gasteiger partial charge in [0.25, 0.3) is 0 Å². The molecule has 0 radical (unpaired) electrons. The lowest BCUT2D eigenvalue weighted by molar-refractivity contribution is -0.611. The van der Waals surface area contributed by atoms with Gasteiger partial charge in [-0.1, -0.05) is 13.8 Å². The molecule has 0 saturated heterocycles. The molecular weight excluding hydrogens is 196 g/mol. The summed E-state index contributed by atoms with van der Waals surface area (Å²) in [5, 5.41) is 22.3. The Morgan fingerprint density at radius 3 is 2.27 bits per heavy atom. The van der Waals surface area contributed by atoms with Crippen molar-refractivity contribution < 1.29 is 14.6 Å². The van der Waals surface area contributed by atoms with Crippen LogP contribution in [0.3, 0.4) is 0 Å². The molecule has 0 unspecified atom stereocenters. The van der Waals surface area contributed by atoms with Gasteiger partial charge in [-0.05, 0) is 5.92 Å². The van der Waals surface area contributed by atoms with Crippen LogP contribution in [0.25, 0.3) is 0 Å². The van der Waals surface area contributed by atoms with E-state index in [1.54, 1.807) is 27.7 Å². The van der Waals surface area contributed by atoms with Crippen LogP contribution in [0.4, 0.5) is 0 Å². The van der Waals surface area contributed by atoms with E-state index >= 15 is 0 Å². The highest BCUT2D eigenvalue weighted by Gasteiger charge is 2.25. The zero-order valence-corrected chi connectivity index (χ0v) is 9.35. The zero-order valence-electron chi connectivity index (χ0n) is 9.35. The lowest BCUT2D eigenvalue weighted by atomic mass is 10.0. The number of imidazole rings is 1. The van der Waals surface area contributed by atoms with Crippen LogP contribution in [-0.2, 0) is 4.79 Å². The Kier molecular flexibility index (Phi) is 3.02. The van der Waals surface area contributed by atoms with E-state index in [0.29, 0.717) is 16.1 Å². The summed E-state index contributed by atoms with van der Waals surface area (Å²) in [7, 11) is 0. The molecule has 5 heteroatoms. The normalized spacial score (nSPS) is 13.1. The van der Waals surface area contributed by atoms with E-state index in [9.17, 15) is 15.1 Å². The van der Waals surface area contributed by atoms with E-state index in [2.05, 4.69) is 0 Å². The van der Waals surface area contributed by atoms with E-state index in [0.717, 1.165) is 0 Å². The molecule has 0 aliphatic rings. The van der Waals surface area contributed by atoms with Crippen molar-refractivity contribution in [3.8, 4) is 0 Å². The minimum absolute atomic E-state index is 0.125. The summed E-state index contributed by atoms with van der Waals surface area (Å²) >= 11 is 0. The van der Waals surface area contributed by atoms with Crippen LogP contribution < -0.4 is 9.84 Å². The fraction of sp³-hybridized carbons (Fsp3) is 0.600. The summed E-state index contributed by atoms with van der Waals surface area (Å²) < 4.78 is 2.13. The van der Waals surface area contributed by atoms with Gasteiger partial charge in [0, 0.05) is 13.8 Å². The minimum Gasteiger partial charge on any atom is -0.711 e. The van der Waals surface area contributed by atoms with E-state index in [1.165, 1.54) is 10.9 Å². The molecule has 0 fully saturated rings. The molecule has 1 heterocycles. The predicted molar refractivity (Wildman–Crippen MR) is 51.7 cm³/mol. The lowest BCUT2D eigenvalue weighted by Crippen LogP contribution is -2.37. The summed E-state index contributed by atoms with van der Waals surface area (Å²) in [5.74, 6) is -1.29. The number of carbonyl (C=O) groups is 1. The molecule has 1 aromatic rings. The van der Waals surface area contributed by atoms with Crippen molar-refractivity contribution in [3.63, 3.8) is 0 Å². The van der Waals surface area contributed by atoms with Gasteiger partial charge in [0.1, 0.15) is 17.4 Å². The average molecular weight is 211 g/mol. The molecule has 5 nitrogen and oxygen atoms in total. The van der Waals surface area contributed by atoms with Crippen LogP contribution in [0.15, 0.2) is 6.33 Å². The maximum absolute atomic E-state index is 11.3. The van der Waals surface area contributed by atoms with Crippen LogP contribution in [-0.4, -0.2) is 10.5 Å². The third-order valence-corrected chi connectivity index (χ3v) is 2.64. The molecule has 15 heavy (non-hydrogen) atoms. The Hall–Kier alpha value is -1.52. The van der Waals surface area contributed by atoms with Crippen molar-refractivity contribution in [2.75, 3.05) is 0 Å². The fourth-order valence-corrected chi connectivity index (χ4v) is 1.62. The minimum atomic E-state index is -1.16.